The van der Waals surface area contributed by atoms with Gasteiger partial charge in [0.2, 0.25) is 5.91 Å². The molecule has 1 fully saturated rings. The first-order valence-electron chi connectivity index (χ1n) is 6.57. The van der Waals surface area contributed by atoms with Crippen molar-refractivity contribution in [3.05, 3.63) is 0 Å². The number of esters is 1. The molecule has 0 heterocycles. The van der Waals surface area contributed by atoms with Crippen LogP contribution in [0.3, 0.4) is 0 Å². The third kappa shape index (κ3) is 3.02. The van der Waals surface area contributed by atoms with Crippen LogP contribution in [-0.4, -0.2) is 43.0 Å². The maximum Gasteiger partial charge on any atom is 0.325 e. The highest BCUT2D eigenvalue weighted by molar-refractivity contribution is 5.87. The summed E-state index contributed by atoms with van der Waals surface area (Å²) in [4.78, 5) is 25.5. The number of amides is 1. The molecular weight excluding hydrogens is 232 g/mol. The fraction of sp³-hybridized carbons (Fsp3) is 0.846. The number of nitrogens with zero attached hydrogens (tertiary/aromatic N) is 1. The van der Waals surface area contributed by atoms with Crippen LogP contribution in [0, 0.1) is 5.41 Å². The average molecular weight is 256 g/mol. The number of methoxy groups -OCH3 is 1. The van der Waals surface area contributed by atoms with Crippen LogP contribution in [0.2, 0.25) is 0 Å². The van der Waals surface area contributed by atoms with Gasteiger partial charge < -0.3 is 15.4 Å². The zero-order chi connectivity index (χ0) is 13.8. The SMILES string of the molecule is CCCN(CC(=O)OC)C(=O)C1(C)CCCC1N. The zero-order valence-corrected chi connectivity index (χ0v) is 11.6. The van der Waals surface area contributed by atoms with Crippen LogP contribution < -0.4 is 5.73 Å². The summed E-state index contributed by atoms with van der Waals surface area (Å²) < 4.78 is 4.64. The molecule has 5 heteroatoms. The Balaban J connectivity index is 2.78. The number of ether oxygens (including phenoxy) is 1. The van der Waals surface area contributed by atoms with E-state index < -0.39 is 5.41 Å². The Morgan fingerprint density at radius 1 is 1.50 bits per heavy atom. The molecule has 1 rings (SSSR count). The smallest absolute Gasteiger partial charge is 0.325 e. The molecule has 104 valence electrons. The Morgan fingerprint density at radius 3 is 2.61 bits per heavy atom. The second-order valence-corrected chi connectivity index (χ2v) is 5.22. The van der Waals surface area contributed by atoms with Gasteiger partial charge in [0, 0.05) is 12.6 Å². The molecule has 0 aliphatic heterocycles. The summed E-state index contributed by atoms with van der Waals surface area (Å²) >= 11 is 0. The van der Waals surface area contributed by atoms with Gasteiger partial charge in [0.25, 0.3) is 0 Å². The molecule has 0 bridgehead atoms. The minimum atomic E-state index is -0.525. The Labute approximate surface area is 109 Å². The van der Waals surface area contributed by atoms with E-state index in [2.05, 4.69) is 4.74 Å². The van der Waals surface area contributed by atoms with E-state index >= 15 is 0 Å². The van der Waals surface area contributed by atoms with Crippen molar-refractivity contribution in [2.75, 3.05) is 20.2 Å². The quantitative estimate of drug-likeness (QED) is 0.742. The van der Waals surface area contributed by atoms with Crippen LogP contribution >= 0.6 is 0 Å². The highest BCUT2D eigenvalue weighted by Gasteiger charge is 2.45. The van der Waals surface area contributed by atoms with Crippen molar-refractivity contribution < 1.29 is 14.3 Å². The topological polar surface area (TPSA) is 72.6 Å². The first-order valence-corrected chi connectivity index (χ1v) is 6.57. The molecule has 18 heavy (non-hydrogen) atoms. The van der Waals surface area contributed by atoms with Gasteiger partial charge in [0.1, 0.15) is 6.54 Å². The molecule has 0 saturated heterocycles. The third-order valence-corrected chi connectivity index (χ3v) is 3.85. The van der Waals surface area contributed by atoms with Crippen molar-refractivity contribution in [1.82, 2.24) is 4.90 Å². The summed E-state index contributed by atoms with van der Waals surface area (Å²) in [6, 6.07) is -0.109. The minimum Gasteiger partial charge on any atom is -0.468 e. The van der Waals surface area contributed by atoms with Crippen molar-refractivity contribution in [2.45, 2.75) is 45.6 Å². The molecule has 0 aromatic carbocycles. The second kappa shape index (κ2) is 6.18. The number of hydrogen-bond acceptors (Lipinski definition) is 4. The van der Waals surface area contributed by atoms with Crippen LogP contribution in [0.5, 0.6) is 0 Å². The first kappa shape index (κ1) is 15.0. The highest BCUT2D eigenvalue weighted by atomic mass is 16.5. The Hall–Kier alpha value is -1.10. The molecule has 5 nitrogen and oxygen atoms in total. The third-order valence-electron chi connectivity index (χ3n) is 3.85. The van der Waals surface area contributed by atoms with Gasteiger partial charge in [0.05, 0.1) is 12.5 Å². The monoisotopic (exact) mass is 256 g/mol. The van der Waals surface area contributed by atoms with Crippen LogP contribution in [0.1, 0.15) is 39.5 Å². The largest absolute Gasteiger partial charge is 0.468 e. The summed E-state index contributed by atoms with van der Waals surface area (Å²) in [6.07, 6.45) is 3.46. The van der Waals surface area contributed by atoms with E-state index in [1.54, 1.807) is 4.90 Å². The van der Waals surface area contributed by atoms with Crippen molar-refractivity contribution >= 4 is 11.9 Å². The van der Waals surface area contributed by atoms with E-state index in [1.807, 2.05) is 13.8 Å². The number of carbonyl (C=O) groups excluding carboxylic acids is 2. The zero-order valence-electron chi connectivity index (χ0n) is 11.6. The lowest BCUT2D eigenvalue weighted by atomic mass is 9.83. The normalized spacial score (nSPS) is 27.0. The molecule has 2 atom stereocenters. The van der Waals surface area contributed by atoms with Gasteiger partial charge >= 0.3 is 5.97 Å². The fourth-order valence-corrected chi connectivity index (χ4v) is 2.56. The minimum absolute atomic E-state index is 0.0141. The molecule has 0 aromatic heterocycles. The molecule has 1 amide bonds. The van der Waals surface area contributed by atoms with Crippen molar-refractivity contribution in [3.63, 3.8) is 0 Å². The predicted molar refractivity (Wildman–Crippen MR) is 68.8 cm³/mol. The maximum absolute atomic E-state index is 12.6. The molecule has 1 saturated carbocycles. The Bertz CT molecular complexity index is 319. The van der Waals surface area contributed by atoms with Gasteiger partial charge in [-0.2, -0.15) is 0 Å². The predicted octanol–water partition coefficient (Wildman–Crippen LogP) is 0.915. The summed E-state index contributed by atoms with van der Waals surface area (Å²) in [7, 11) is 1.33. The van der Waals surface area contributed by atoms with E-state index in [-0.39, 0.29) is 24.5 Å². The standard InChI is InChI=1S/C13H24N2O3/c1-4-8-15(9-11(16)18-3)12(17)13(2)7-5-6-10(13)14/h10H,4-9,14H2,1-3H3. The van der Waals surface area contributed by atoms with Crippen molar-refractivity contribution in [3.8, 4) is 0 Å². The van der Waals surface area contributed by atoms with Crippen LogP contribution in [0.4, 0.5) is 0 Å². The van der Waals surface area contributed by atoms with Crippen LogP contribution in [0.25, 0.3) is 0 Å². The van der Waals surface area contributed by atoms with Gasteiger partial charge in [-0.05, 0) is 26.2 Å². The van der Waals surface area contributed by atoms with Crippen LogP contribution in [-0.2, 0) is 14.3 Å². The lowest BCUT2D eigenvalue weighted by molar-refractivity contribution is -0.151. The molecular formula is C13H24N2O3. The van der Waals surface area contributed by atoms with Gasteiger partial charge in [-0.25, -0.2) is 0 Å². The van der Waals surface area contributed by atoms with E-state index in [9.17, 15) is 9.59 Å². The molecule has 1 aliphatic rings. The number of hydrogen-bond donors (Lipinski definition) is 1. The second-order valence-electron chi connectivity index (χ2n) is 5.22. The molecule has 0 spiro atoms. The van der Waals surface area contributed by atoms with E-state index in [4.69, 9.17) is 5.73 Å². The molecule has 2 unspecified atom stereocenters. The summed E-state index contributed by atoms with van der Waals surface area (Å²) in [6.45, 7) is 4.48. The van der Waals surface area contributed by atoms with Crippen LogP contribution in [0.15, 0.2) is 0 Å². The number of nitrogens with two attached hydrogens (primary N) is 1. The fourth-order valence-electron chi connectivity index (χ4n) is 2.56. The Morgan fingerprint density at radius 2 is 2.17 bits per heavy atom. The van der Waals surface area contributed by atoms with E-state index in [1.165, 1.54) is 7.11 Å². The Kier molecular flexibility index (Phi) is 5.14. The van der Waals surface area contributed by atoms with E-state index in [0.29, 0.717) is 6.54 Å². The lowest BCUT2D eigenvalue weighted by Crippen LogP contribution is -2.50. The van der Waals surface area contributed by atoms with Gasteiger partial charge in [-0.1, -0.05) is 13.3 Å². The maximum atomic E-state index is 12.6. The van der Waals surface area contributed by atoms with E-state index in [0.717, 1.165) is 25.7 Å². The summed E-state index contributed by atoms with van der Waals surface area (Å²) in [5, 5.41) is 0. The molecule has 0 aromatic rings. The van der Waals surface area contributed by atoms with Crippen molar-refractivity contribution in [1.29, 1.82) is 0 Å². The molecule has 0 radical (unpaired) electrons. The molecule has 1 aliphatic carbocycles. The van der Waals surface area contributed by atoms with Gasteiger partial charge in [-0.15, -0.1) is 0 Å². The molecule has 2 N–H and O–H groups in total. The lowest BCUT2D eigenvalue weighted by Gasteiger charge is -2.33. The summed E-state index contributed by atoms with van der Waals surface area (Å²) in [5.74, 6) is -0.397. The van der Waals surface area contributed by atoms with Gasteiger partial charge in [-0.3, -0.25) is 9.59 Å². The number of rotatable bonds is 5. The first-order chi connectivity index (χ1) is 8.45. The number of carbonyl (C=O) groups is 2. The average Bonchev–Trinajstić information content (AvgIpc) is 2.69. The van der Waals surface area contributed by atoms with Gasteiger partial charge in [0.15, 0.2) is 0 Å². The highest BCUT2D eigenvalue weighted by Crippen LogP contribution is 2.38. The summed E-state index contributed by atoms with van der Waals surface area (Å²) in [5.41, 5.74) is 5.52. The van der Waals surface area contributed by atoms with Crippen molar-refractivity contribution in [2.24, 2.45) is 11.1 Å².